The molecular formula is C16H29N5S. The predicted molar refractivity (Wildman–Crippen MR) is 95.0 cm³/mol. The Balaban J connectivity index is 2.14. The van der Waals surface area contributed by atoms with Crippen LogP contribution in [-0.4, -0.2) is 46.2 Å². The number of nitrogens with one attached hydrogen (secondary N) is 1. The monoisotopic (exact) mass is 323 g/mol. The molecule has 22 heavy (non-hydrogen) atoms. The molecule has 1 N–H and O–H groups in total. The van der Waals surface area contributed by atoms with Crippen molar-refractivity contribution in [2.24, 2.45) is 5.41 Å². The lowest BCUT2D eigenvalue weighted by molar-refractivity contribution is 0.217. The molecule has 1 atom stereocenters. The Morgan fingerprint density at radius 2 is 1.91 bits per heavy atom. The van der Waals surface area contributed by atoms with E-state index < -0.39 is 0 Å². The highest BCUT2D eigenvalue weighted by atomic mass is 32.1. The van der Waals surface area contributed by atoms with E-state index in [0.29, 0.717) is 6.04 Å². The maximum atomic E-state index is 4.69. The molecule has 0 radical (unpaired) electrons. The molecule has 0 aliphatic heterocycles. The summed E-state index contributed by atoms with van der Waals surface area (Å²) in [6, 6.07) is 0.327. The quantitative estimate of drug-likeness (QED) is 0.915. The Morgan fingerprint density at radius 1 is 1.27 bits per heavy atom. The third kappa shape index (κ3) is 3.79. The van der Waals surface area contributed by atoms with Crippen LogP contribution in [0.1, 0.15) is 47.2 Å². The van der Waals surface area contributed by atoms with Gasteiger partial charge in [0.2, 0.25) is 10.1 Å². The lowest BCUT2D eigenvalue weighted by atomic mass is 9.85. The Bertz CT molecular complexity index is 601. The van der Waals surface area contributed by atoms with Gasteiger partial charge >= 0.3 is 0 Å². The molecule has 6 heteroatoms. The summed E-state index contributed by atoms with van der Waals surface area (Å²) in [6.07, 6.45) is 2.03. The molecule has 5 nitrogen and oxygen atoms in total. The highest BCUT2D eigenvalue weighted by molar-refractivity contribution is 7.20. The summed E-state index contributed by atoms with van der Waals surface area (Å²) in [7, 11) is 4.22. The van der Waals surface area contributed by atoms with Gasteiger partial charge in [0.25, 0.3) is 0 Å². The molecule has 2 rings (SSSR count). The van der Waals surface area contributed by atoms with Crippen LogP contribution >= 0.6 is 11.3 Å². The summed E-state index contributed by atoms with van der Waals surface area (Å²) in [5.41, 5.74) is 1.30. The van der Waals surface area contributed by atoms with Gasteiger partial charge in [-0.3, -0.25) is 0 Å². The molecule has 0 amide bonds. The molecule has 2 aromatic rings. The zero-order valence-electron chi connectivity index (χ0n) is 15.1. The number of rotatable bonds is 5. The Hall–Kier alpha value is -1.14. The van der Waals surface area contributed by atoms with Crippen molar-refractivity contribution in [3.05, 3.63) is 11.9 Å². The number of hydrogen-bond acceptors (Lipinski definition) is 5. The number of imidazole rings is 1. The summed E-state index contributed by atoms with van der Waals surface area (Å²) in [5, 5.41) is 9.10. The normalized spacial score (nSPS) is 14.8. The lowest BCUT2D eigenvalue weighted by Crippen LogP contribution is -2.41. The minimum Gasteiger partial charge on any atom is -0.357 e. The van der Waals surface area contributed by atoms with Crippen LogP contribution in [-0.2, 0) is 5.41 Å². The van der Waals surface area contributed by atoms with Crippen molar-refractivity contribution in [1.82, 2.24) is 19.5 Å². The zero-order valence-corrected chi connectivity index (χ0v) is 15.9. The summed E-state index contributed by atoms with van der Waals surface area (Å²) in [6.45, 7) is 14.3. The van der Waals surface area contributed by atoms with Crippen LogP contribution in [0.3, 0.4) is 0 Å². The molecule has 0 spiro atoms. The van der Waals surface area contributed by atoms with E-state index in [2.05, 4.69) is 71.0 Å². The summed E-state index contributed by atoms with van der Waals surface area (Å²) >= 11 is 1.61. The summed E-state index contributed by atoms with van der Waals surface area (Å²) in [5.74, 6) is 0. The van der Waals surface area contributed by atoms with Gasteiger partial charge in [-0.2, -0.15) is 0 Å². The van der Waals surface area contributed by atoms with E-state index in [9.17, 15) is 0 Å². The Morgan fingerprint density at radius 3 is 2.41 bits per heavy atom. The number of hydrogen-bond donors (Lipinski definition) is 1. The topological polar surface area (TPSA) is 45.5 Å². The van der Waals surface area contributed by atoms with Crippen molar-refractivity contribution >= 4 is 21.4 Å². The molecule has 0 fully saturated rings. The van der Waals surface area contributed by atoms with Crippen LogP contribution in [0.4, 0.5) is 5.13 Å². The van der Waals surface area contributed by atoms with E-state index in [4.69, 9.17) is 4.98 Å². The largest absolute Gasteiger partial charge is 0.357 e. The minimum absolute atomic E-state index is 0.0575. The fraction of sp³-hybridized carbons (Fsp3) is 0.750. The first-order chi connectivity index (χ1) is 9.99. The highest BCUT2D eigenvalue weighted by Gasteiger charge is 2.27. The van der Waals surface area contributed by atoms with E-state index in [-0.39, 0.29) is 10.8 Å². The smallest absolute Gasteiger partial charge is 0.214 e. The van der Waals surface area contributed by atoms with Crippen LogP contribution in [0, 0.1) is 5.41 Å². The lowest BCUT2D eigenvalue weighted by Gasteiger charge is -2.34. The fourth-order valence-corrected chi connectivity index (χ4v) is 3.32. The second-order valence-electron chi connectivity index (χ2n) is 8.10. The van der Waals surface area contributed by atoms with Crippen molar-refractivity contribution in [2.75, 3.05) is 26.0 Å². The van der Waals surface area contributed by atoms with Gasteiger partial charge in [0.05, 0.1) is 11.9 Å². The first-order valence-electron chi connectivity index (χ1n) is 7.77. The molecule has 2 heterocycles. The van der Waals surface area contributed by atoms with Gasteiger partial charge in [-0.05, 0) is 26.4 Å². The third-order valence-electron chi connectivity index (χ3n) is 4.05. The second-order valence-corrected chi connectivity index (χ2v) is 9.06. The number of nitrogens with zero attached hydrogens (tertiary/aromatic N) is 4. The predicted octanol–water partition coefficient (Wildman–Crippen LogP) is 3.48. The van der Waals surface area contributed by atoms with Gasteiger partial charge < -0.3 is 10.2 Å². The van der Waals surface area contributed by atoms with Gasteiger partial charge in [0, 0.05) is 18.0 Å². The second kappa shape index (κ2) is 5.81. The zero-order chi connectivity index (χ0) is 16.7. The third-order valence-corrected chi connectivity index (χ3v) is 4.90. The van der Waals surface area contributed by atoms with Crippen LogP contribution in [0.5, 0.6) is 0 Å². The average molecular weight is 324 g/mol. The minimum atomic E-state index is 0.0575. The van der Waals surface area contributed by atoms with Crippen LogP contribution in [0.25, 0.3) is 4.96 Å². The highest BCUT2D eigenvalue weighted by Crippen LogP contribution is 2.29. The molecule has 0 aliphatic carbocycles. The molecule has 0 saturated heterocycles. The number of fused-ring (bicyclic) bond motifs is 1. The molecule has 0 bridgehead atoms. The molecule has 1 unspecified atom stereocenters. The van der Waals surface area contributed by atoms with Gasteiger partial charge in [-0.1, -0.05) is 46.0 Å². The molecule has 0 aliphatic rings. The van der Waals surface area contributed by atoms with Gasteiger partial charge in [-0.15, -0.1) is 5.10 Å². The molecular weight excluding hydrogens is 294 g/mol. The van der Waals surface area contributed by atoms with Gasteiger partial charge in [0.1, 0.15) is 0 Å². The first-order valence-corrected chi connectivity index (χ1v) is 8.58. The van der Waals surface area contributed by atoms with E-state index in [0.717, 1.165) is 22.3 Å². The summed E-state index contributed by atoms with van der Waals surface area (Å²) in [4.78, 5) is 7.87. The van der Waals surface area contributed by atoms with E-state index >= 15 is 0 Å². The van der Waals surface area contributed by atoms with Crippen LogP contribution in [0.15, 0.2) is 6.20 Å². The number of anilines is 1. The van der Waals surface area contributed by atoms with Crippen molar-refractivity contribution < 1.29 is 0 Å². The van der Waals surface area contributed by atoms with Gasteiger partial charge in [-0.25, -0.2) is 9.50 Å². The van der Waals surface area contributed by atoms with E-state index in [1.54, 1.807) is 11.3 Å². The molecule has 124 valence electrons. The summed E-state index contributed by atoms with van der Waals surface area (Å²) < 4.78 is 1.89. The van der Waals surface area contributed by atoms with Crippen molar-refractivity contribution in [3.8, 4) is 0 Å². The SMILES string of the molecule is CC(Nc1nn2cc(C(C)(C)C)nc2s1)C(C)(C)CN(C)C. The first kappa shape index (κ1) is 17.2. The Labute approximate surface area is 137 Å². The van der Waals surface area contributed by atoms with E-state index in [1.165, 1.54) is 0 Å². The maximum absolute atomic E-state index is 4.69. The van der Waals surface area contributed by atoms with Crippen LogP contribution < -0.4 is 5.32 Å². The van der Waals surface area contributed by atoms with Crippen molar-refractivity contribution in [3.63, 3.8) is 0 Å². The van der Waals surface area contributed by atoms with Gasteiger partial charge in [0.15, 0.2) is 0 Å². The van der Waals surface area contributed by atoms with Crippen LogP contribution in [0.2, 0.25) is 0 Å². The maximum Gasteiger partial charge on any atom is 0.214 e. The fourth-order valence-electron chi connectivity index (χ4n) is 2.45. The number of aromatic nitrogens is 3. The molecule has 2 aromatic heterocycles. The standard InChI is InChI=1S/C16H29N5S/c1-11(16(5,6)10-20(7)8)17-13-19-21-9-12(15(2,3)4)18-14(21)22-13/h9,11H,10H2,1-8H3,(H,17,19). The average Bonchev–Trinajstić information content (AvgIpc) is 2.83. The molecule has 0 aromatic carbocycles. The van der Waals surface area contributed by atoms with Crippen molar-refractivity contribution in [2.45, 2.75) is 53.0 Å². The molecule has 0 saturated carbocycles. The van der Waals surface area contributed by atoms with Crippen molar-refractivity contribution in [1.29, 1.82) is 0 Å². The van der Waals surface area contributed by atoms with E-state index in [1.807, 2.05) is 10.7 Å². The Kier molecular flexibility index (Phi) is 4.55.